The maximum absolute atomic E-state index is 10.5. The minimum atomic E-state index is -0.708. The van der Waals surface area contributed by atoms with Gasteiger partial charge >= 0.3 is 0 Å². The van der Waals surface area contributed by atoms with Crippen LogP contribution in [0.5, 0.6) is 0 Å². The largest absolute Gasteiger partial charge is 0.382 e. The minimum absolute atomic E-state index is 0.707. The fourth-order valence-corrected chi connectivity index (χ4v) is 2.43. The number of fused-ring (bicyclic) bond motifs is 1. The molecule has 3 rings (SSSR count). The number of aliphatic hydroxyl groups excluding tert-OH is 1. The molecule has 0 spiro atoms. The molecule has 20 heavy (non-hydrogen) atoms. The molecule has 0 aliphatic carbocycles. The van der Waals surface area contributed by atoms with Crippen molar-refractivity contribution in [3.05, 3.63) is 71.2 Å². The van der Waals surface area contributed by atoms with Crippen LogP contribution >= 0.6 is 0 Å². The van der Waals surface area contributed by atoms with Crippen LogP contribution in [0.4, 0.5) is 0 Å². The zero-order valence-electron chi connectivity index (χ0n) is 11.5. The zero-order valence-corrected chi connectivity index (χ0v) is 11.5. The van der Waals surface area contributed by atoms with Crippen molar-refractivity contribution < 1.29 is 5.11 Å². The van der Waals surface area contributed by atoms with Gasteiger partial charge in [0.1, 0.15) is 6.10 Å². The van der Waals surface area contributed by atoms with E-state index in [1.807, 2.05) is 50.2 Å². The minimum Gasteiger partial charge on any atom is -0.382 e. The molecule has 2 aromatic heterocycles. The monoisotopic (exact) mass is 264 g/mol. The summed E-state index contributed by atoms with van der Waals surface area (Å²) >= 11 is 0. The molecule has 0 bridgehead atoms. The number of rotatable bonds is 2. The van der Waals surface area contributed by atoms with Gasteiger partial charge in [0.25, 0.3) is 0 Å². The second kappa shape index (κ2) is 5.02. The number of benzene rings is 1. The predicted octanol–water partition coefficient (Wildman–Crippen LogP) is 3.33. The molecule has 3 heteroatoms. The molecule has 0 aliphatic heterocycles. The molecule has 2 heterocycles. The van der Waals surface area contributed by atoms with Gasteiger partial charge in [-0.05, 0) is 48.7 Å². The summed E-state index contributed by atoms with van der Waals surface area (Å²) in [5.41, 5.74) is 4.57. The van der Waals surface area contributed by atoms with E-state index in [4.69, 9.17) is 0 Å². The maximum Gasteiger partial charge on any atom is 0.121 e. The van der Waals surface area contributed by atoms with E-state index < -0.39 is 6.10 Å². The van der Waals surface area contributed by atoms with Gasteiger partial charge in [-0.25, -0.2) is 0 Å². The van der Waals surface area contributed by atoms with E-state index in [-0.39, 0.29) is 0 Å². The third-order valence-electron chi connectivity index (χ3n) is 3.46. The highest BCUT2D eigenvalue weighted by molar-refractivity contribution is 5.79. The van der Waals surface area contributed by atoms with Gasteiger partial charge in [-0.1, -0.05) is 18.2 Å². The van der Waals surface area contributed by atoms with Gasteiger partial charge in [-0.2, -0.15) is 0 Å². The molecule has 1 unspecified atom stereocenters. The van der Waals surface area contributed by atoms with E-state index in [1.54, 1.807) is 12.4 Å². The van der Waals surface area contributed by atoms with Crippen LogP contribution in [0.15, 0.2) is 48.8 Å². The van der Waals surface area contributed by atoms with Gasteiger partial charge in [0.05, 0.1) is 11.2 Å². The lowest BCUT2D eigenvalue weighted by Crippen LogP contribution is -2.05. The Labute approximate surface area is 117 Å². The zero-order chi connectivity index (χ0) is 14.1. The van der Waals surface area contributed by atoms with Crippen LogP contribution in [0.2, 0.25) is 0 Å². The lowest BCUT2D eigenvalue weighted by molar-refractivity contribution is 0.214. The molecule has 0 aliphatic rings. The number of hydrogen-bond donors (Lipinski definition) is 1. The van der Waals surface area contributed by atoms with Gasteiger partial charge in [0, 0.05) is 17.8 Å². The van der Waals surface area contributed by atoms with Crippen molar-refractivity contribution >= 4 is 10.9 Å². The molecule has 3 aromatic rings. The van der Waals surface area contributed by atoms with Crippen LogP contribution in [0.3, 0.4) is 0 Å². The van der Waals surface area contributed by atoms with E-state index in [9.17, 15) is 5.11 Å². The number of aliphatic hydroxyl groups is 1. The van der Waals surface area contributed by atoms with Crippen molar-refractivity contribution in [1.82, 2.24) is 9.97 Å². The Hall–Kier alpha value is -2.26. The van der Waals surface area contributed by atoms with Crippen molar-refractivity contribution in [2.24, 2.45) is 0 Å². The first-order valence-corrected chi connectivity index (χ1v) is 6.61. The second-order valence-electron chi connectivity index (χ2n) is 5.07. The Morgan fingerprint density at radius 1 is 1.05 bits per heavy atom. The molecule has 0 saturated carbocycles. The first kappa shape index (κ1) is 12.8. The van der Waals surface area contributed by atoms with Gasteiger partial charge in [-0.15, -0.1) is 0 Å². The quantitative estimate of drug-likeness (QED) is 0.772. The highest BCUT2D eigenvalue weighted by Gasteiger charge is 2.15. The molecule has 1 atom stereocenters. The molecule has 0 saturated heterocycles. The predicted molar refractivity (Wildman–Crippen MR) is 79.5 cm³/mol. The molecule has 0 amide bonds. The smallest absolute Gasteiger partial charge is 0.121 e. The average molecular weight is 264 g/mol. The van der Waals surface area contributed by atoms with Crippen LogP contribution in [0, 0.1) is 13.8 Å². The third kappa shape index (κ3) is 2.28. The van der Waals surface area contributed by atoms with Gasteiger partial charge < -0.3 is 5.11 Å². The highest BCUT2D eigenvalue weighted by Crippen LogP contribution is 2.25. The average Bonchev–Trinajstić information content (AvgIpc) is 2.46. The Morgan fingerprint density at radius 3 is 2.70 bits per heavy atom. The van der Waals surface area contributed by atoms with Crippen LogP contribution < -0.4 is 0 Å². The highest BCUT2D eigenvalue weighted by atomic mass is 16.3. The summed E-state index contributed by atoms with van der Waals surface area (Å²) in [7, 11) is 0. The molecule has 1 N–H and O–H groups in total. The Balaban J connectivity index is 2.05. The standard InChI is InChI=1S/C17H16N2O/c1-11-8-12(2)16(19-10-11)17(20)14-5-6-15-13(9-14)4-3-7-18-15/h3-10,17,20H,1-2H3. The van der Waals surface area contributed by atoms with Crippen molar-refractivity contribution in [2.45, 2.75) is 20.0 Å². The fourth-order valence-electron chi connectivity index (χ4n) is 2.43. The molecular formula is C17H16N2O. The van der Waals surface area contributed by atoms with E-state index in [0.29, 0.717) is 5.69 Å². The number of aryl methyl sites for hydroxylation is 2. The van der Waals surface area contributed by atoms with Gasteiger partial charge in [0.2, 0.25) is 0 Å². The van der Waals surface area contributed by atoms with Gasteiger partial charge in [-0.3, -0.25) is 9.97 Å². The van der Waals surface area contributed by atoms with E-state index in [2.05, 4.69) is 9.97 Å². The van der Waals surface area contributed by atoms with Crippen LogP contribution in [-0.2, 0) is 0 Å². The maximum atomic E-state index is 10.5. The number of pyridine rings is 2. The first-order valence-electron chi connectivity index (χ1n) is 6.61. The second-order valence-corrected chi connectivity index (χ2v) is 5.07. The van der Waals surface area contributed by atoms with Crippen molar-refractivity contribution in [3.8, 4) is 0 Å². The summed E-state index contributed by atoms with van der Waals surface area (Å²) in [6.45, 7) is 3.97. The molecule has 0 fully saturated rings. The first-order chi connectivity index (χ1) is 9.65. The Bertz CT molecular complexity index is 768. The topological polar surface area (TPSA) is 46.0 Å². The van der Waals surface area contributed by atoms with Crippen LogP contribution in [0.25, 0.3) is 10.9 Å². The Morgan fingerprint density at radius 2 is 1.90 bits per heavy atom. The molecule has 100 valence electrons. The summed E-state index contributed by atoms with van der Waals surface area (Å²) in [5, 5.41) is 11.6. The van der Waals surface area contributed by atoms with E-state index in [1.165, 1.54) is 0 Å². The normalized spacial score (nSPS) is 12.6. The molecule has 1 aromatic carbocycles. The van der Waals surface area contributed by atoms with Crippen molar-refractivity contribution in [3.63, 3.8) is 0 Å². The summed E-state index contributed by atoms with van der Waals surface area (Å²) in [6.07, 6.45) is 2.85. The van der Waals surface area contributed by atoms with Crippen molar-refractivity contribution in [2.75, 3.05) is 0 Å². The summed E-state index contributed by atoms with van der Waals surface area (Å²) < 4.78 is 0. The molecular weight excluding hydrogens is 248 g/mol. The summed E-state index contributed by atoms with van der Waals surface area (Å²) in [4.78, 5) is 8.65. The fraction of sp³-hybridized carbons (Fsp3) is 0.176. The van der Waals surface area contributed by atoms with E-state index >= 15 is 0 Å². The summed E-state index contributed by atoms with van der Waals surface area (Å²) in [5.74, 6) is 0. The van der Waals surface area contributed by atoms with Crippen molar-refractivity contribution in [1.29, 1.82) is 0 Å². The summed E-state index contributed by atoms with van der Waals surface area (Å²) in [6, 6.07) is 11.7. The molecule has 0 radical (unpaired) electrons. The van der Waals surface area contributed by atoms with E-state index in [0.717, 1.165) is 27.6 Å². The SMILES string of the molecule is Cc1cnc(C(O)c2ccc3ncccc3c2)c(C)c1. The lowest BCUT2D eigenvalue weighted by Gasteiger charge is -2.14. The Kier molecular flexibility index (Phi) is 3.20. The van der Waals surface area contributed by atoms with Crippen LogP contribution in [0.1, 0.15) is 28.5 Å². The number of aromatic nitrogens is 2. The third-order valence-corrected chi connectivity index (χ3v) is 3.46. The molecule has 3 nitrogen and oxygen atoms in total. The van der Waals surface area contributed by atoms with Crippen LogP contribution in [-0.4, -0.2) is 15.1 Å². The number of hydrogen-bond acceptors (Lipinski definition) is 3. The lowest BCUT2D eigenvalue weighted by atomic mass is 10.0. The van der Waals surface area contributed by atoms with Gasteiger partial charge in [0.15, 0.2) is 0 Å². The number of nitrogens with zero attached hydrogens (tertiary/aromatic N) is 2.